The van der Waals surface area contributed by atoms with Crippen molar-refractivity contribution in [2.75, 3.05) is 25.5 Å². The van der Waals surface area contributed by atoms with Gasteiger partial charge in [-0.25, -0.2) is 8.42 Å². The molecule has 1 N–H and O–H groups in total. The first-order valence-electron chi connectivity index (χ1n) is 10.7. The number of anilines is 1. The van der Waals surface area contributed by atoms with E-state index in [1.165, 1.54) is 11.4 Å². The molecule has 1 saturated heterocycles. The summed E-state index contributed by atoms with van der Waals surface area (Å²) in [6, 6.07) is 11.2. The van der Waals surface area contributed by atoms with Gasteiger partial charge in [-0.3, -0.25) is 4.79 Å². The van der Waals surface area contributed by atoms with Gasteiger partial charge in [-0.05, 0) is 67.5 Å². The van der Waals surface area contributed by atoms with Crippen molar-refractivity contribution in [1.82, 2.24) is 4.31 Å². The number of benzene rings is 2. The van der Waals surface area contributed by atoms with Crippen molar-refractivity contribution in [3.05, 3.63) is 53.1 Å². The van der Waals surface area contributed by atoms with Gasteiger partial charge in [-0.15, -0.1) is 0 Å². The molecule has 0 aromatic heterocycles. The van der Waals surface area contributed by atoms with Crippen molar-refractivity contribution in [2.45, 2.75) is 51.3 Å². The molecule has 31 heavy (non-hydrogen) atoms. The van der Waals surface area contributed by atoms with Gasteiger partial charge in [0.25, 0.3) is 0 Å². The number of sulfonamides is 1. The molecule has 0 spiro atoms. The number of rotatable bonds is 6. The lowest BCUT2D eigenvalue weighted by molar-refractivity contribution is -0.120. The van der Waals surface area contributed by atoms with Gasteiger partial charge in [0.2, 0.25) is 15.9 Å². The first kappa shape index (κ1) is 23.3. The molecule has 0 bridgehead atoms. The number of nitrogens with zero attached hydrogens (tertiary/aromatic N) is 1. The molecule has 1 fully saturated rings. The summed E-state index contributed by atoms with van der Waals surface area (Å²) in [5.74, 6) is -0.0251. The number of carbonyl (C=O) groups is 1. The minimum atomic E-state index is -3.79. The second kappa shape index (κ2) is 9.40. The highest BCUT2D eigenvalue weighted by molar-refractivity contribution is 7.89. The quantitative estimate of drug-likeness (QED) is 0.713. The van der Waals surface area contributed by atoms with Crippen LogP contribution in [0.4, 0.5) is 5.69 Å². The number of amides is 1. The third-order valence-corrected chi connectivity index (χ3v) is 7.76. The van der Waals surface area contributed by atoms with Gasteiger partial charge in [-0.2, -0.15) is 4.31 Å². The van der Waals surface area contributed by atoms with Gasteiger partial charge in [0.1, 0.15) is 10.6 Å². The van der Waals surface area contributed by atoms with Crippen molar-refractivity contribution in [2.24, 2.45) is 5.92 Å². The van der Waals surface area contributed by atoms with E-state index in [-0.39, 0.29) is 23.3 Å². The minimum Gasteiger partial charge on any atom is -0.495 e. The Morgan fingerprint density at radius 3 is 2.58 bits per heavy atom. The second-order valence-electron chi connectivity index (χ2n) is 8.57. The lowest BCUT2D eigenvalue weighted by atomic mass is 9.98. The molecule has 1 amide bonds. The standard InChI is InChI=1S/C24H32N2O4S/c1-16(2)19-10-11-22(30-5)23(14-19)31(28,29)26-12-6-7-20(15-26)24(27)25-21-13-17(3)8-9-18(21)4/h8-11,13-14,16,20H,6-7,12,15H2,1-5H3,(H,25,27)/t20-/m1/s1. The molecule has 7 heteroatoms. The van der Waals surface area contributed by atoms with Crippen LogP contribution in [-0.4, -0.2) is 38.8 Å². The van der Waals surface area contributed by atoms with Crippen LogP contribution >= 0.6 is 0 Å². The van der Waals surface area contributed by atoms with Gasteiger partial charge < -0.3 is 10.1 Å². The average Bonchev–Trinajstić information content (AvgIpc) is 2.75. The van der Waals surface area contributed by atoms with Gasteiger partial charge in [-0.1, -0.05) is 32.0 Å². The van der Waals surface area contributed by atoms with Gasteiger partial charge in [0.05, 0.1) is 13.0 Å². The topological polar surface area (TPSA) is 75.7 Å². The number of piperidine rings is 1. The fourth-order valence-electron chi connectivity index (χ4n) is 3.87. The highest BCUT2D eigenvalue weighted by atomic mass is 32.2. The summed E-state index contributed by atoms with van der Waals surface area (Å²) >= 11 is 0. The molecule has 3 rings (SSSR count). The summed E-state index contributed by atoms with van der Waals surface area (Å²) in [4.78, 5) is 13.1. The lowest BCUT2D eigenvalue weighted by Gasteiger charge is -2.31. The minimum absolute atomic E-state index is 0.142. The maximum absolute atomic E-state index is 13.5. The normalized spacial score (nSPS) is 17.5. The van der Waals surface area contributed by atoms with Gasteiger partial charge in [0.15, 0.2) is 0 Å². The summed E-state index contributed by atoms with van der Waals surface area (Å²) < 4.78 is 33.7. The molecular weight excluding hydrogens is 412 g/mol. The van der Waals surface area contributed by atoms with E-state index in [4.69, 9.17) is 4.74 Å². The molecule has 6 nitrogen and oxygen atoms in total. The zero-order valence-electron chi connectivity index (χ0n) is 18.9. The maximum atomic E-state index is 13.5. The third kappa shape index (κ3) is 5.10. The van der Waals surface area contributed by atoms with E-state index in [1.54, 1.807) is 12.1 Å². The van der Waals surface area contributed by atoms with Crippen LogP contribution in [0.5, 0.6) is 5.75 Å². The molecule has 1 atom stereocenters. The average molecular weight is 445 g/mol. The molecule has 1 aliphatic heterocycles. The summed E-state index contributed by atoms with van der Waals surface area (Å²) in [6.45, 7) is 8.52. The lowest BCUT2D eigenvalue weighted by Crippen LogP contribution is -2.43. The number of nitrogens with one attached hydrogen (secondary N) is 1. The molecule has 1 heterocycles. The van der Waals surface area contributed by atoms with Crippen LogP contribution < -0.4 is 10.1 Å². The number of hydrogen-bond donors (Lipinski definition) is 1. The number of aryl methyl sites for hydroxylation is 2. The van der Waals surface area contributed by atoms with Crippen LogP contribution in [0.15, 0.2) is 41.3 Å². The molecule has 0 radical (unpaired) electrons. The predicted octanol–water partition coefficient (Wildman–Crippen LogP) is 4.47. The van der Waals surface area contributed by atoms with Crippen molar-refractivity contribution in [3.8, 4) is 5.75 Å². The van der Waals surface area contributed by atoms with Gasteiger partial charge in [0, 0.05) is 18.8 Å². The van der Waals surface area contributed by atoms with Crippen LogP contribution in [0, 0.1) is 19.8 Å². The van der Waals surface area contributed by atoms with Gasteiger partial charge >= 0.3 is 0 Å². The number of hydrogen-bond acceptors (Lipinski definition) is 4. The Hall–Kier alpha value is -2.38. The molecular formula is C24H32N2O4S. The van der Waals surface area contributed by atoms with E-state index in [0.29, 0.717) is 25.1 Å². The van der Waals surface area contributed by atoms with Crippen molar-refractivity contribution < 1.29 is 17.9 Å². The number of carbonyl (C=O) groups excluding carboxylic acids is 1. The van der Waals surface area contributed by atoms with Crippen LogP contribution in [0.3, 0.4) is 0 Å². The Kier molecular flexibility index (Phi) is 7.06. The Labute approximate surface area is 185 Å². The van der Waals surface area contributed by atoms with Crippen LogP contribution in [-0.2, 0) is 14.8 Å². The highest BCUT2D eigenvalue weighted by Gasteiger charge is 2.35. The molecule has 2 aromatic carbocycles. The Bertz CT molecular complexity index is 1060. The van der Waals surface area contributed by atoms with E-state index in [1.807, 2.05) is 52.0 Å². The van der Waals surface area contributed by atoms with E-state index >= 15 is 0 Å². The summed E-state index contributed by atoms with van der Waals surface area (Å²) in [5, 5.41) is 2.99. The Balaban J connectivity index is 1.83. The van der Waals surface area contributed by atoms with Crippen molar-refractivity contribution in [3.63, 3.8) is 0 Å². The number of ether oxygens (including phenoxy) is 1. The predicted molar refractivity (Wildman–Crippen MR) is 123 cm³/mol. The fraction of sp³-hybridized carbons (Fsp3) is 0.458. The molecule has 2 aromatic rings. The highest BCUT2D eigenvalue weighted by Crippen LogP contribution is 2.32. The second-order valence-corrected chi connectivity index (χ2v) is 10.5. The van der Waals surface area contributed by atoms with Crippen LogP contribution in [0.2, 0.25) is 0 Å². The fourth-order valence-corrected chi connectivity index (χ4v) is 5.59. The molecule has 0 aliphatic carbocycles. The van der Waals surface area contributed by atoms with Crippen LogP contribution in [0.1, 0.15) is 49.3 Å². The monoisotopic (exact) mass is 444 g/mol. The molecule has 0 unspecified atom stereocenters. The Morgan fingerprint density at radius 1 is 1.16 bits per heavy atom. The summed E-state index contributed by atoms with van der Waals surface area (Å²) in [7, 11) is -2.31. The number of methoxy groups -OCH3 is 1. The summed E-state index contributed by atoms with van der Waals surface area (Å²) in [5.41, 5.74) is 3.75. The molecule has 168 valence electrons. The van der Waals surface area contributed by atoms with Crippen molar-refractivity contribution in [1.29, 1.82) is 0 Å². The first-order chi connectivity index (χ1) is 14.6. The van der Waals surface area contributed by atoms with Crippen molar-refractivity contribution >= 4 is 21.6 Å². The Morgan fingerprint density at radius 2 is 1.90 bits per heavy atom. The summed E-state index contributed by atoms with van der Waals surface area (Å²) in [6.07, 6.45) is 1.29. The first-order valence-corrected chi connectivity index (χ1v) is 12.1. The largest absolute Gasteiger partial charge is 0.495 e. The van der Waals surface area contributed by atoms with E-state index < -0.39 is 15.9 Å². The molecule has 1 aliphatic rings. The maximum Gasteiger partial charge on any atom is 0.246 e. The SMILES string of the molecule is COc1ccc(C(C)C)cc1S(=O)(=O)N1CCC[C@@H](C(=O)Nc2cc(C)ccc2C)C1. The smallest absolute Gasteiger partial charge is 0.246 e. The van der Waals surface area contributed by atoms with E-state index in [0.717, 1.165) is 22.4 Å². The van der Waals surface area contributed by atoms with Crippen LogP contribution in [0.25, 0.3) is 0 Å². The third-order valence-electron chi connectivity index (χ3n) is 5.88. The zero-order chi connectivity index (χ0) is 22.8. The van der Waals surface area contributed by atoms with E-state index in [9.17, 15) is 13.2 Å². The molecule has 0 saturated carbocycles. The van der Waals surface area contributed by atoms with E-state index in [2.05, 4.69) is 5.32 Å². The zero-order valence-corrected chi connectivity index (χ0v) is 19.8.